The molecule has 0 saturated carbocycles. The van der Waals surface area contributed by atoms with Gasteiger partial charge in [-0.25, -0.2) is 4.98 Å². The molecular formula is C10H17N3O. The van der Waals surface area contributed by atoms with Crippen molar-refractivity contribution in [2.45, 2.75) is 19.9 Å². The van der Waals surface area contributed by atoms with Gasteiger partial charge in [-0.1, -0.05) is 13.8 Å². The molecular weight excluding hydrogens is 178 g/mol. The van der Waals surface area contributed by atoms with Gasteiger partial charge in [0.1, 0.15) is 5.82 Å². The lowest BCUT2D eigenvalue weighted by molar-refractivity contribution is 0.249. The summed E-state index contributed by atoms with van der Waals surface area (Å²) in [5, 5.41) is 12.3. The molecule has 0 radical (unpaired) electrons. The van der Waals surface area contributed by atoms with Crippen molar-refractivity contribution >= 4 is 11.5 Å². The second kappa shape index (κ2) is 4.81. The number of anilines is 2. The first-order chi connectivity index (χ1) is 6.65. The van der Waals surface area contributed by atoms with Crippen LogP contribution in [0.1, 0.15) is 13.8 Å². The van der Waals surface area contributed by atoms with Gasteiger partial charge in [-0.2, -0.15) is 0 Å². The predicted molar refractivity (Wildman–Crippen MR) is 58.0 cm³/mol. The van der Waals surface area contributed by atoms with E-state index in [2.05, 4.69) is 10.3 Å². The van der Waals surface area contributed by atoms with E-state index in [0.717, 1.165) is 5.69 Å². The maximum Gasteiger partial charge on any atom is 0.146 e. The number of nitrogens with one attached hydrogen (secondary N) is 1. The topological polar surface area (TPSA) is 71.2 Å². The lowest BCUT2D eigenvalue weighted by Crippen LogP contribution is -2.29. The van der Waals surface area contributed by atoms with Crippen LogP contribution in [-0.4, -0.2) is 22.7 Å². The largest absolute Gasteiger partial charge is 0.394 e. The Labute approximate surface area is 84.2 Å². The van der Waals surface area contributed by atoms with E-state index in [1.807, 2.05) is 26.0 Å². The monoisotopic (exact) mass is 195 g/mol. The Bertz CT molecular complexity index is 288. The molecule has 0 aliphatic heterocycles. The molecule has 4 heteroatoms. The van der Waals surface area contributed by atoms with Gasteiger partial charge in [0, 0.05) is 6.20 Å². The molecule has 0 aromatic carbocycles. The summed E-state index contributed by atoms with van der Waals surface area (Å²) in [6, 6.07) is 3.68. The number of aliphatic hydroxyl groups is 1. The number of rotatable bonds is 4. The van der Waals surface area contributed by atoms with Gasteiger partial charge in [-0.05, 0) is 18.1 Å². The molecule has 4 nitrogen and oxygen atoms in total. The van der Waals surface area contributed by atoms with Crippen LogP contribution in [0.25, 0.3) is 0 Å². The third kappa shape index (κ3) is 2.60. The Balaban J connectivity index is 2.72. The normalized spacial score (nSPS) is 12.9. The number of nitrogens with zero attached hydrogens (tertiary/aromatic N) is 1. The molecule has 1 unspecified atom stereocenters. The summed E-state index contributed by atoms with van der Waals surface area (Å²) < 4.78 is 0. The van der Waals surface area contributed by atoms with E-state index < -0.39 is 0 Å². The quantitative estimate of drug-likeness (QED) is 0.672. The molecule has 14 heavy (non-hydrogen) atoms. The fourth-order valence-corrected chi connectivity index (χ4v) is 1.16. The average molecular weight is 195 g/mol. The van der Waals surface area contributed by atoms with Crippen LogP contribution >= 0.6 is 0 Å². The highest BCUT2D eigenvalue weighted by atomic mass is 16.3. The molecule has 0 aliphatic carbocycles. The van der Waals surface area contributed by atoms with Crippen LogP contribution in [0.4, 0.5) is 11.5 Å². The van der Waals surface area contributed by atoms with Gasteiger partial charge in [0.05, 0.1) is 18.3 Å². The number of hydrogen-bond acceptors (Lipinski definition) is 4. The fourth-order valence-electron chi connectivity index (χ4n) is 1.16. The fraction of sp³-hybridized carbons (Fsp3) is 0.500. The van der Waals surface area contributed by atoms with Crippen molar-refractivity contribution in [3.8, 4) is 0 Å². The molecule has 0 spiro atoms. The Kier molecular flexibility index (Phi) is 3.71. The third-order valence-electron chi connectivity index (χ3n) is 2.18. The zero-order valence-corrected chi connectivity index (χ0v) is 8.57. The number of aromatic nitrogens is 1. The maximum atomic E-state index is 9.12. The van der Waals surface area contributed by atoms with Crippen LogP contribution in [0.5, 0.6) is 0 Å². The number of aliphatic hydroxyl groups excluding tert-OH is 1. The Morgan fingerprint density at radius 1 is 1.57 bits per heavy atom. The summed E-state index contributed by atoms with van der Waals surface area (Å²) in [5.41, 5.74) is 6.45. The van der Waals surface area contributed by atoms with E-state index in [9.17, 15) is 0 Å². The van der Waals surface area contributed by atoms with Gasteiger partial charge in [0.25, 0.3) is 0 Å². The summed E-state index contributed by atoms with van der Waals surface area (Å²) in [5.74, 6) is 0.811. The average Bonchev–Trinajstić information content (AvgIpc) is 2.16. The standard InChI is InChI=1S/C10H17N3O/c1-7(2)9(6-14)13-8-4-3-5-12-10(8)11/h3-5,7,9,13-14H,6H2,1-2H3,(H2,11,12). The van der Waals surface area contributed by atoms with Crippen molar-refractivity contribution < 1.29 is 5.11 Å². The first-order valence-electron chi connectivity index (χ1n) is 4.73. The van der Waals surface area contributed by atoms with Gasteiger partial charge in [-0.15, -0.1) is 0 Å². The van der Waals surface area contributed by atoms with Crippen molar-refractivity contribution in [3.63, 3.8) is 0 Å². The number of nitrogen functional groups attached to an aromatic ring is 1. The second-order valence-electron chi connectivity index (χ2n) is 3.61. The molecule has 1 aromatic heterocycles. The van der Waals surface area contributed by atoms with Crippen LogP contribution in [0.2, 0.25) is 0 Å². The molecule has 1 heterocycles. The smallest absolute Gasteiger partial charge is 0.146 e. The number of hydrogen-bond donors (Lipinski definition) is 3. The summed E-state index contributed by atoms with van der Waals surface area (Å²) in [6.45, 7) is 4.17. The Morgan fingerprint density at radius 2 is 2.29 bits per heavy atom. The van der Waals surface area contributed by atoms with E-state index in [0.29, 0.717) is 11.7 Å². The zero-order valence-electron chi connectivity index (χ0n) is 8.57. The molecule has 0 amide bonds. The first kappa shape index (κ1) is 10.8. The highest BCUT2D eigenvalue weighted by molar-refractivity contribution is 5.61. The highest BCUT2D eigenvalue weighted by Crippen LogP contribution is 2.17. The Morgan fingerprint density at radius 3 is 2.79 bits per heavy atom. The molecule has 1 rings (SSSR count). The second-order valence-corrected chi connectivity index (χ2v) is 3.61. The molecule has 1 atom stereocenters. The van der Waals surface area contributed by atoms with Crippen LogP contribution in [0.3, 0.4) is 0 Å². The molecule has 4 N–H and O–H groups in total. The lowest BCUT2D eigenvalue weighted by atomic mass is 10.1. The molecule has 0 aliphatic rings. The van der Waals surface area contributed by atoms with Crippen molar-refractivity contribution in [1.29, 1.82) is 0 Å². The van der Waals surface area contributed by atoms with Crippen LogP contribution in [0, 0.1) is 5.92 Å². The maximum absolute atomic E-state index is 9.12. The van der Waals surface area contributed by atoms with Gasteiger partial charge < -0.3 is 16.2 Å². The van der Waals surface area contributed by atoms with E-state index in [1.54, 1.807) is 6.20 Å². The van der Waals surface area contributed by atoms with Crippen LogP contribution in [-0.2, 0) is 0 Å². The van der Waals surface area contributed by atoms with E-state index in [-0.39, 0.29) is 12.6 Å². The third-order valence-corrected chi connectivity index (χ3v) is 2.18. The van der Waals surface area contributed by atoms with Crippen molar-refractivity contribution in [2.24, 2.45) is 5.92 Å². The summed E-state index contributed by atoms with van der Waals surface area (Å²) in [6.07, 6.45) is 1.64. The molecule has 0 fully saturated rings. The summed E-state index contributed by atoms with van der Waals surface area (Å²) in [7, 11) is 0. The van der Waals surface area contributed by atoms with Crippen molar-refractivity contribution in [3.05, 3.63) is 18.3 Å². The van der Waals surface area contributed by atoms with Crippen molar-refractivity contribution in [1.82, 2.24) is 4.98 Å². The molecule has 1 aromatic rings. The highest BCUT2D eigenvalue weighted by Gasteiger charge is 2.12. The van der Waals surface area contributed by atoms with Gasteiger partial charge >= 0.3 is 0 Å². The minimum Gasteiger partial charge on any atom is -0.394 e. The molecule has 0 saturated heterocycles. The van der Waals surface area contributed by atoms with Gasteiger partial charge in [0.15, 0.2) is 0 Å². The van der Waals surface area contributed by atoms with E-state index in [1.165, 1.54) is 0 Å². The van der Waals surface area contributed by atoms with Crippen molar-refractivity contribution in [2.75, 3.05) is 17.7 Å². The number of nitrogens with two attached hydrogens (primary N) is 1. The molecule has 78 valence electrons. The van der Waals surface area contributed by atoms with Crippen LogP contribution in [0.15, 0.2) is 18.3 Å². The number of pyridine rings is 1. The summed E-state index contributed by atoms with van der Waals surface area (Å²) >= 11 is 0. The van der Waals surface area contributed by atoms with E-state index in [4.69, 9.17) is 10.8 Å². The minimum absolute atomic E-state index is 0.0153. The lowest BCUT2D eigenvalue weighted by Gasteiger charge is -2.21. The first-order valence-corrected chi connectivity index (χ1v) is 4.73. The molecule has 0 bridgehead atoms. The Hall–Kier alpha value is -1.29. The van der Waals surface area contributed by atoms with Crippen LogP contribution < -0.4 is 11.1 Å². The van der Waals surface area contributed by atoms with Gasteiger partial charge in [0.2, 0.25) is 0 Å². The van der Waals surface area contributed by atoms with E-state index >= 15 is 0 Å². The SMILES string of the molecule is CC(C)C(CO)Nc1cccnc1N. The minimum atomic E-state index is 0.0153. The van der Waals surface area contributed by atoms with Gasteiger partial charge in [-0.3, -0.25) is 0 Å². The predicted octanol–water partition coefficient (Wildman–Crippen LogP) is 1.09. The zero-order chi connectivity index (χ0) is 10.6. The summed E-state index contributed by atoms with van der Waals surface area (Å²) in [4.78, 5) is 3.96.